The number of nitrogens with one attached hydrogen (secondary N) is 2. The van der Waals surface area contributed by atoms with E-state index in [4.69, 9.17) is 23.2 Å². The van der Waals surface area contributed by atoms with Gasteiger partial charge in [0.1, 0.15) is 5.88 Å². The number of halogens is 5. The molecule has 2 N–H and O–H groups in total. The Labute approximate surface area is 274 Å². The molecule has 1 amide bonds. The highest BCUT2D eigenvalue weighted by Gasteiger charge is 2.33. The largest absolute Gasteiger partial charge is 0.416 e. The van der Waals surface area contributed by atoms with E-state index in [0.717, 1.165) is 35.7 Å². The fourth-order valence-corrected chi connectivity index (χ4v) is 8.52. The van der Waals surface area contributed by atoms with Crippen LogP contribution < -0.4 is 10.7 Å². The molecule has 0 saturated carbocycles. The number of benzene rings is 2. The molecule has 0 aliphatic carbocycles. The van der Waals surface area contributed by atoms with Gasteiger partial charge < -0.3 is 0 Å². The van der Waals surface area contributed by atoms with Crippen molar-refractivity contribution in [2.45, 2.75) is 32.0 Å². The highest BCUT2D eigenvalue weighted by Crippen LogP contribution is 2.36. The van der Waals surface area contributed by atoms with Crippen LogP contribution in [0.25, 0.3) is 16.9 Å². The minimum atomic E-state index is -4.59. The zero-order chi connectivity index (χ0) is 33.3. The van der Waals surface area contributed by atoms with Crippen LogP contribution in [-0.2, 0) is 32.6 Å². The predicted molar refractivity (Wildman–Crippen MR) is 168 cm³/mol. The molecule has 0 radical (unpaired) electrons. The van der Waals surface area contributed by atoms with Gasteiger partial charge in [-0.2, -0.15) is 22.6 Å². The highest BCUT2D eigenvalue weighted by atomic mass is 35.5. The van der Waals surface area contributed by atoms with Crippen LogP contribution in [0, 0.1) is 0 Å². The number of nitrogens with zero attached hydrogens (tertiary/aromatic N) is 4. The van der Waals surface area contributed by atoms with Crippen molar-refractivity contribution in [3.63, 3.8) is 0 Å². The number of hydrogen-bond donors (Lipinski definition) is 2. The van der Waals surface area contributed by atoms with Crippen molar-refractivity contribution < 1.29 is 34.8 Å². The van der Waals surface area contributed by atoms with Gasteiger partial charge in [-0.1, -0.05) is 41.8 Å². The molecule has 18 heteroatoms. The van der Waals surface area contributed by atoms with Gasteiger partial charge in [-0.25, -0.2) is 26.5 Å². The number of amides is 1. The molecule has 2 aliphatic rings. The maximum Gasteiger partial charge on any atom is 0.416 e. The molecule has 0 spiro atoms. The minimum Gasteiger partial charge on any atom is -0.298 e. The Bertz CT molecular complexity index is 1800. The molecule has 3 aromatic rings. The van der Waals surface area contributed by atoms with Crippen molar-refractivity contribution in [2.24, 2.45) is 0 Å². The monoisotopic (exact) mass is 722 g/mol. The van der Waals surface area contributed by atoms with Crippen LogP contribution in [0.3, 0.4) is 0 Å². The predicted octanol–water partition coefficient (Wildman–Crippen LogP) is 4.10. The van der Waals surface area contributed by atoms with E-state index in [1.165, 1.54) is 28.9 Å². The SMILES string of the molecule is O=C(NN1CCCCC1)c1nn(-c2ccc(Cl)cc2Cl)c(-c2ccc(C(F)(F)F)cc2)c1CNCS(=O)(=O)N1CCS(=O)(=O)CC1. The van der Waals surface area contributed by atoms with E-state index in [-0.39, 0.29) is 64.4 Å². The number of alkyl halides is 3. The van der Waals surface area contributed by atoms with Crippen molar-refractivity contribution in [3.05, 3.63) is 69.3 Å². The summed E-state index contributed by atoms with van der Waals surface area (Å²) in [7, 11) is -7.28. The molecule has 5 rings (SSSR count). The van der Waals surface area contributed by atoms with E-state index in [1.807, 2.05) is 0 Å². The molecule has 0 unspecified atom stereocenters. The third-order valence-electron chi connectivity index (χ3n) is 7.72. The minimum absolute atomic E-state index is 0.0968. The lowest BCUT2D eigenvalue weighted by Gasteiger charge is -2.26. The molecule has 1 aromatic heterocycles. The molecule has 46 heavy (non-hydrogen) atoms. The van der Waals surface area contributed by atoms with Crippen molar-refractivity contribution in [1.29, 1.82) is 0 Å². The molecule has 2 aliphatic heterocycles. The van der Waals surface area contributed by atoms with Gasteiger partial charge in [-0.3, -0.25) is 15.5 Å². The van der Waals surface area contributed by atoms with Gasteiger partial charge in [-0.15, -0.1) is 0 Å². The summed E-state index contributed by atoms with van der Waals surface area (Å²) in [6, 6.07) is 8.81. The van der Waals surface area contributed by atoms with E-state index >= 15 is 0 Å². The lowest BCUT2D eigenvalue weighted by molar-refractivity contribution is -0.137. The molecule has 2 saturated heterocycles. The third kappa shape index (κ3) is 8.03. The number of hydrazine groups is 1. The first kappa shape index (κ1) is 34.6. The first-order chi connectivity index (χ1) is 21.6. The van der Waals surface area contributed by atoms with Crippen LogP contribution >= 0.6 is 23.2 Å². The molecule has 0 bridgehead atoms. The lowest BCUT2D eigenvalue weighted by atomic mass is 10.0. The quantitative estimate of drug-likeness (QED) is 0.338. The molecule has 2 fully saturated rings. The van der Waals surface area contributed by atoms with Crippen LogP contribution in [0.5, 0.6) is 0 Å². The van der Waals surface area contributed by atoms with Gasteiger partial charge in [0.2, 0.25) is 10.0 Å². The van der Waals surface area contributed by atoms with Gasteiger partial charge in [0.05, 0.1) is 33.5 Å². The molecule has 2 aromatic carbocycles. The van der Waals surface area contributed by atoms with E-state index in [9.17, 15) is 34.8 Å². The van der Waals surface area contributed by atoms with Gasteiger partial charge in [-0.05, 0) is 43.2 Å². The van der Waals surface area contributed by atoms with E-state index < -0.39 is 43.4 Å². The Morgan fingerprint density at radius 3 is 2.22 bits per heavy atom. The fourth-order valence-electron chi connectivity index (χ4n) is 5.31. The Balaban J connectivity index is 1.56. The highest BCUT2D eigenvalue weighted by molar-refractivity contribution is 7.92. The second-order valence-electron chi connectivity index (χ2n) is 11.0. The standard InChI is InChI=1S/C28H31Cl2F3N6O5S2/c29-21-8-9-24(23(30)16-21)39-26(19-4-6-20(7-5-19)28(31,32)33)22(25(35-39)27(40)36-37-10-2-1-3-11-37)17-34-18-46(43,44)38-12-14-45(41,42)15-13-38/h4-9,16,34H,1-3,10-15,17-18H2,(H,36,40). The summed E-state index contributed by atoms with van der Waals surface area (Å²) in [5.41, 5.74) is 2.80. The van der Waals surface area contributed by atoms with Crippen LogP contribution in [0.2, 0.25) is 10.0 Å². The average Bonchev–Trinajstić information content (AvgIpc) is 3.36. The number of rotatable bonds is 9. The number of aromatic nitrogens is 2. The van der Waals surface area contributed by atoms with Gasteiger partial charge in [0.25, 0.3) is 5.91 Å². The summed E-state index contributed by atoms with van der Waals surface area (Å²) in [4.78, 5) is 13.7. The van der Waals surface area contributed by atoms with Gasteiger partial charge >= 0.3 is 6.18 Å². The summed E-state index contributed by atoms with van der Waals surface area (Å²) in [6.07, 6.45) is -1.84. The van der Waals surface area contributed by atoms with E-state index in [0.29, 0.717) is 18.1 Å². The van der Waals surface area contributed by atoms with Crippen LogP contribution in [0.4, 0.5) is 13.2 Å². The number of carbonyl (C=O) groups excluding carboxylic acids is 1. The van der Waals surface area contributed by atoms with Crippen molar-refractivity contribution >= 4 is 49.0 Å². The van der Waals surface area contributed by atoms with Crippen molar-refractivity contribution in [3.8, 4) is 16.9 Å². The Morgan fingerprint density at radius 2 is 1.61 bits per heavy atom. The summed E-state index contributed by atoms with van der Waals surface area (Å²) < 4.78 is 92.5. The zero-order valence-electron chi connectivity index (χ0n) is 24.4. The first-order valence-corrected chi connectivity index (χ1v) is 18.5. The maximum absolute atomic E-state index is 13.7. The van der Waals surface area contributed by atoms with E-state index in [1.54, 1.807) is 11.1 Å². The number of carbonyl (C=O) groups is 1. The summed E-state index contributed by atoms with van der Waals surface area (Å²) in [6.45, 7) is 0.617. The Hall–Kier alpha value is -2.73. The number of sulfonamides is 1. The van der Waals surface area contributed by atoms with Crippen LogP contribution in [-0.4, -0.2) is 85.4 Å². The second-order valence-corrected chi connectivity index (χ2v) is 16.1. The molecule has 250 valence electrons. The fraction of sp³-hybridized carbons (Fsp3) is 0.429. The number of hydrogen-bond acceptors (Lipinski definition) is 8. The summed E-state index contributed by atoms with van der Waals surface area (Å²) in [5.74, 6) is -1.78. The zero-order valence-corrected chi connectivity index (χ0v) is 27.5. The lowest BCUT2D eigenvalue weighted by Crippen LogP contribution is -2.46. The Morgan fingerprint density at radius 1 is 0.957 bits per heavy atom. The smallest absolute Gasteiger partial charge is 0.298 e. The molecule has 11 nitrogen and oxygen atoms in total. The molecule has 0 atom stereocenters. The third-order valence-corrected chi connectivity index (χ3v) is 11.6. The molecular weight excluding hydrogens is 692 g/mol. The normalized spacial score (nSPS) is 18.0. The second kappa shape index (κ2) is 13.8. The average molecular weight is 724 g/mol. The maximum atomic E-state index is 13.7. The molecular formula is C28H31Cl2F3N6O5S2. The topological polar surface area (TPSA) is 134 Å². The molecule has 3 heterocycles. The summed E-state index contributed by atoms with van der Waals surface area (Å²) >= 11 is 12.6. The first-order valence-electron chi connectivity index (χ1n) is 14.3. The Kier molecular flexibility index (Phi) is 10.4. The number of piperidine rings is 1. The van der Waals surface area contributed by atoms with Crippen LogP contribution in [0.15, 0.2) is 42.5 Å². The van der Waals surface area contributed by atoms with Crippen molar-refractivity contribution in [2.75, 3.05) is 43.6 Å². The summed E-state index contributed by atoms with van der Waals surface area (Å²) in [5, 5.41) is 9.62. The van der Waals surface area contributed by atoms with Crippen molar-refractivity contribution in [1.82, 2.24) is 29.8 Å². The van der Waals surface area contributed by atoms with E-state index in [2.05, 4.69) is 15.8 Å². The van der Waals surface area contributed by atoms with Crippen LogP contribution in [0.1, 0.15) is 40.9 Å². The van der Waals surface area contributed by atoms with Gasteiger partial charge in [0.15, 0.2) is 15.5 Å². The number of sulfone groups is 1. The van der Waals surface area contributed by atoms with Gasteiger partial charge in [0, 0.05) is 48.9 Å².